The summed E-state index contributed by atoms with van der Waals surface area (Å²) in [4.78, 5) is 25.7. The number of rotatable bonds is 2. The van der Waals surface area contributed by atoms with Crippen molar-refractivity contribution in [2.75, 3.05) is 0 Å². The van der Waals surface area contributed by atoms with Crippen LogP contribution in [-0.4, -0.2) is 28.1 Å². The molecule has 0 unspecified atom stereocenters. The Morgan fingerprint density at radius 2 is 1.65 bits per heavy atom. The van der Waals surface area contributed by atoms with Crippen molar-refractivity contribution in [1.82, 2.24) is 0 Å². The van der Waals surface area contributed by atoms with Crippen LogP contribution in [0.25, 0.3) is 0 Å². The molecule has 5 aliphatic carbocycles. The molecule has 0 aliphatic heterocycles. The number of carboxylic acid groups (broad SMARTS) is 1. The minimum absolute atomic E-state index is 0.00387. The lowest BCUT2D eigenvalue weighted by molar-refractivity contribution is -0.259. The first-order chi connectivity index (χ1) is 15.7. The zero-order valence-corrected chi connectivity index (χ0v) is 22.2. The highest BCUT2D eigenvalue weighted by atomic mass is 16.4. The molecule has 190 valence electrons. The van der Waals surface area contributed by atoms with Crippen molar-refractivity contribution in [3.63, 3.8) is 0 Å². The monoisotopic (exact) mass is 470 g/mol. The number of hydrogen-bond donors (Lipinski definition) is 2. The van der Waals surface area contributed by atoms with Gasteiger partial charge in [-0.15, -0.1) is 0 Å². The molecule has 0 heterocycles. The maximum Gasteiger partial charge on any atom is 0.309 e. The predicted molar refractivity (Wildman–Crippen MR) is 133 cm³/mol. The number of fused-ring (bicyclic) bond motifs is 7. The van der Waals surface area contributed by atoms with E-state index in [9.17, 15) is 19.8 Å². The van der Waals surface area contributed by atoms with Gasteiger partial charge >= 0.3 is 5.97 Å². The molecule has 5 aliphatic rings. The number of carbonyl (C=O) groups is 2. The maximum absolute atomic E-state index is 12.9. The number of aliphatic hydroxyl groups is 1. The largest absolute Gasteiger partial charge is 0.481 e. The molecule has 5 fully saturated rings. The third-order valence-corrected chi connectivity index (χ3v) is 13.1. The summed E-state index contributed by atoms with van der Waals surface area (Å²) in [6, 6.07) is 0. The van der Waals surface area contributed by atoms with Gasteiger partial charge in [-0.1, -0.05) is 46.8 Å². The van der Waals surface area contributed by atoms with Crippen molar-refractivity contribution in [3.8, 4) is 0 Å². The Morgan fingerprint density at radius 1 is 0.971 bits per heavy atom. The first kappa shape index (κ1) is 24.5. The summed E-state index contributed by atoms with van der Waals surface area (Å²) >= 11 is 0. The van der Waals surface area contributed by atoms with Crippen LogP contribution in [0, 0.1) is 56.7 Å². The molecule has 5 saturated carbocycles. The summed E-state index contributed by atoms with van der Waals surface area (Å²) in [6.45, 7) is 17.8. The number of Topliss-reactive ketones (excluding diaryl/α,β-unsaturated/α-hetero) is 1. The number of carboxylic acids is 1. The van der Waals surface area contributed by atoms with E-state index in [2.05, 4.69) is 48.1 Å². The second-order valence-corrected chi connectivity index (χ2v) is 14.4. The van der Waals surface area contributed by atoms with Crippen LogP contribution in [0.1, 0.15) is 99.3 Å². The van der Waals surface area contributed by atoms with Crippen LogP contribution >= 0.6 is 0 Å². The van der Waals surface area contributed by atoms with Crippen molar-refractivity contribution in [1.29, 1.82) is 0 Å². The van der Waals surface area contributed by atoms with Gasteiger partial charge in [0.1, 0.15) is 5.78 Å². The Labute approximate surface area is 206 Å². The number of carbonyl (C=O) groups excluding carboxylic acids is 1. The summed E-state index contributed by atoms with van der Waals surface area (Å²) in [5.74, 6) is 0.916. The third kappa shape index (κ3) is 2.70. The van der Waals surface area contributed by atoms with E-state index >= 15 is 0 Å². The quantitative estimate of drug-likeness (QED) is 0.467. The van der Waals surface area contributed by atoms with Gasteiger partial charge in [0, 0.05) is 17.8 Å². The zero-order valence-electron chi connectivity index (χ0n) is 22.2. The number of aliphatic hydroxyl groups excluding tert-OH is 1. The molecule has 0 radical (unpaired) electrons. The number of aliphatic carboxylic acids is 1. The van der Waals surface area contributed by atoms with Gasteiger partial charge in [-0.25, -0.2) is 0 Å². The number of hydrogen-bond acceptors (Lipinski definition) is 3. The molecule has 0 amide bonds. The number of ketones is 1. The Morgan fingerprint density at radius 3 is 2.26 bits per heavy atom. The molecule has 4 nitrogen and oxygen atoms in total. The van der Waals surface area contributed by atoms with E-state index in [1.165, 1.54) is 0 Å². The summed E-state index contributed by atoms with van der Waals surface area (Å²) < 4.78 is 0. The van der Waals surface area contributed by atoms with E-state index in [4.69, 9.17) is 0 Å². The second-order valence-electron chi connectivity index (χ2n) is 14.4. The van der Waals surface area contributed by atoms with Gasteiger partial charge in [0.05, 0.1) is 11.5 Å². The minimum atomic E-state index is -0.615. The molecule has 2 N–H and O–H groups in total. The summed E-state index contributed by atoms with van der Waals surface area (Å²) in [6.07, 6.45) is 7.24. The zero-order chi connectivity index (χ0) is 25.1. The molecule has 34 heavy (non-hydrogen) atoms. The van der Waals surface area contributed by atoms with Gasteiger partial charge < -0.3 is 10.2 Å². The molecule has 0 aromatic heterocycles. The highest BCUT2D eigenvalue weighted by Gasteiger charge is 2.73. The lowest BCUT2D eigenvalue weighted by Crippen LogP contribution is -2.69. The molecule has 0 spiro atoms. The Bertz CT molecular complexity index is 936. The maximum atomic E-state index is 12.9. The fourth-order valence-corrected chi connectivity index (χ4v) is 11.5. The summed E-state index contributed by atoms with van der Waals surface area (Å²) in [5, 5.41) is 22.2. The lowest BCUT2D eigenvalue weighted by Gasteiger charge is -2.72. The Balaban J connectivity index is 1.60. The topological polar surface area (TPSA) is 74.6 Å². The van der Waals surface area contributed by atoms with E-state index in [1.807, 2.05) is 0 Å². The van der Waals surface area contributed by atoms with Gasteiger partial charge in [-0.05, 0) is 98.2 Å². The molecular weight excluding hydrogens is 424 g/mol. The Kier molecular flexibility index (Phi) is 5.20. The van der Waals surface area contributed by atoms with Crippen LogP contribution in [0.2, 0.25) is 0 Å². The van der Waals surface area contributed by atoms with Crippen LogP contribution in [0.5, 0.6) is 0 Å². The van der Waals surface area contributed by atoms with Gasteiger partial charge in [0.25, 0.3) is 0 Å². The minimum Gasteiger partial charge on any atom is -0.481 e. The van der Waals surface area contributed by atoms with Crippen molar-refractivity contribution >= 4 is 11.8 Å². The third-order valence-electron chi connectivity index (χ3n) is 13.1. The van der Waals surface area contributed by atoms with Crippen molar-refractivity contribution in [3.05, 3.63) is 12.2 Å². The first-order valence-corrected chi connectivity index (χ1v) is 13.8. The Hall–Kier alpha value is -1.16. The van der Waals surface area contributed by atoms with Crippen molar-refractivity contribution in [2.45, 2.75) is 105 Å². The highest BCUT2D eigenvalue weighted by molar-refractivity contribution is 5.85. The fraction of sp³-hybridized carbons (Fsp3) is 0.867. The van der Waals surface area contributed by atoms with Gasteiger partial charge in [0.15, 0.2) is 0 Å². The van der Waals surface area contributed by atoms with Gasteiger partial charge in [0.2, 0.25) is 0 Å². The molecule has 5 rings (SSSR count). The molecule has 0 saturated heterocycles. The SMILES string of the molecule is C=C(C)[C@@H]1CC[C@]2(C(=O)O)CC[C@]3(C)[C@H](CC[C@H]4[C@@]5(C)CCC(=O)C(C)(C)[C@@H]5[C@@H](O)C[C@]43C)[C@H]12. The van der Waals surface area contributed by atoms with E-state index in [0.29, 0.717) is 24.0 Å². The van der Waals surface area contributed by atoms with Crippen molar-refractivity contribution in [2.24, 2.45) is 56.7 Å². The average Bonchev–Trinajstić information content (AvgIpc) is 3.13. The lowest BCUT2D eigenvalue weighted by atomic mass is 9.32. The summed E-state index contributed by atoms with van der Waals surface area (Å²) in [5.41, 5.74) is -0.110. The van der Waals surface area contributed by atoms with Crippen molar-refractivity contribution < 1.29 is 19.8 Å². The van der Waals surface area contributed by atoms with Crippen LogP contribution in [0.3, 0.4) is 0 Å². The molecule has 0 bridgehead atoms. The average molecular weight is 471 g/mol. The standard InChI is InChI=1S/C30H46O4/c1-17(2)18-10-13-30(25(33)34)15-14-28(6)19(23(18)30)8-9-21-27(5)12-11-22(32)26(3,4)24(27)20(31)16-29(21,28)7/h18-21,23-24,31H,1,8-16H2,2-7H3,(H,33,34)/t18-,19+,20-,21-,23-,24-,27+,28+,29+,30-/m0/s1. The molecule has 10 atom stereocenters. The highest BCUT2D eigenvalue weighted by Crippen LogP contribution is 2.77. The van der Waals surface area contributed by atoms with Crippen LogP contribution in [0.15, 0.2) is 12.2 Å². The molecule has 4 heteroatoms. The van der Waals surface area contributed by atoms with E-state index in [0.717, 1.165) is 56.9 Å². The van der Waals surface area contributed by atoms with Crippen LogP contribution in [-0.2, 0) is 9.59 Å². The van der Waals surface area contributed by atoms with E-state index in [-0.39, 0.29) is 34.0 Å². The van der Waals surface area contributed by atoms with Gasteiger partial charge in [-0.3, -0.25) is 9.59 Å². The fourth-order valence-electron chi connectivity index (χ4n) is 11.5. The second kappa shape index (κ2) is 7.20. The smallest absolute Gasteiger partial charge is 0.309 e. The molecule has 0 aromatic rings. The summed E-state index contributed by atoms with van der Waals surface area (Å²) in [7, 11) is 0. The van der Waals surface area contributed by atoms with E-state index < -0.39 is 22.9 Å². The molecular formula is C30H46O4. The number of allylic oxidation sites excluding steroid dienone is 1. The molecule has 0 aromatic carbocycles. The van der Waals surface area contributed by atoms with Crippen LogP contribution < -0.4 is 0 Å². The van der Waals surface area contributed by atoms with E-state index in [1.54, 1.807) is 0 Å². The predicted octanol–water partition coefficient (Wildman–Crippen LogP) is 6.27. The normalized spacial score (nSPS) is 53.8. The van der Waals surface area contributed by atoms with Gasteiger partial charge in [-0.2, -0.15) is 0 Å². The first-order valence-electron chi connectivity index (χ1n) is 13.8. The van der Waals surface area contributed by atoms with Crippen LogP contribution in [0.4, 0.5) is 0 Å².